The van der Waals surface area contributed by atoms with Gasteiger partial charge in [-0.3, -0.25) is 14.5 Å². The van der Waals surface area contributed by atoms with Crippen molar-refractivity contribution in [1.82, 2.24) is 5.32 Å². The molecule has 2 unspecified atom stereocenters. The zero-order valence-electron chi connectivity index (χ0n) is 19.4. The second-order valence-corrected chi connectivity index (χ2v) is 10.6. The molecule has 2 atom stereocenters. The summed E-state index contributed by atoms with van der Waals surface area (Å²) in [6, 6.07) is 12.8. The second kappa shape index (κ2) is 8.57. The minimum atomic E-state index is -2.03. The molecule has 0 aromatic heterocycles. The topological polar surface area (TPSA) is 95.9 Å². The number of nitrogens with one attached hydrogen (secondary N) is 1. The Morgan fingerprint density at radius 3 is 2.64 bits per heavy atom. The molecule has 0 radical (unpaired) electrons. The number of carbonyl (C=O) groups is 2. The molecule has 0 bridgehead atoms. The molecule has 1 heterocycles. The van der Waals surface area contributed by atoms with Crippen LogP contribution < -0.4 is 15.0 Å². The van der Waals surface area contributed by atoms with Crippen LogP contribution in [0, 0.1) is 0 Å². The zero-order chi connectivity index (χ0) is 24.0. The SMILES string of the molecule is CCC(C)(CS(=O)O)NC(=O)c1ccc2c(c1)C(C)(C)C(=O)N2c1cccc(OC2CC2)c1. The molecule has 0 spiro atoms. The third-order valence-electron chi connectivity index (χ3n) is 6.45. The van der Waals surface area contributed by atoms with Gasteiger partial charge in [-0.2, -0.15) is 0 Å². The molecule has 4 rings (SSSR count). The second-order valence-electron chi connectivity index (χ2n) is 9.65. The first-order chi connectivity index (χ1) is 15.5. The summed E-state index contributed by atoms with van der Waals surface area (Å²) in [5.41, 5.74) is 1.00. The number of hydrogen-bond donors (Lipinski definition) is 2. The van der Waals surface area contributed by atoms with Crippen molar-refractivity contribution < 1.29 is 23.1 Å². The van der Waals surface area contributed by atoms with E-state index in [1.165, 1.54) is 0 Å². The number of carbonyl (C=O) groups excluding carboxylic acids is 2. The maximum atomic E-state index is 13.4. The third-order valence-corrected chi connectivity index (χ3v) is 7.34. The van der Waals surface area contributed by atoms with Gasteiger partial charge in [0.25, 0.3) is 5.91 Å². The van der Waals surface area contributed by atoms with E-state index < -0.39 is 22.0 Å². The highest BCUT2D eigenvalue weighted by molar-refractivity contribution is 7.79. The first kappa shape index (κ1) is 23.4. The van der Waals surface area contributed by atoms with Gasteiger partial charge in [0.1, 0.15) is 5.75 Å². The summed E-state index contributed by atoms with van der Waals surface area (Å²) in [4.78, 5) is 28.1. The van der Waals surface area contributed by atoms with Crippen LogP contribution in [-0.4, -0.2) is 38.0 Å². The number of benzene rings is 2. The predicted molar refractivity (Wildman–Crippen MR) is 129 cm³/mol. The van der Waals surface area contributed by atoms with Crippen LogP contribution in [0.25, 0.3) is 0 Å². The fourth-order valence-corrected chi connectivity index (χ4v) is 4.87. The Morgan fingerprint density at radius 1 is 1.27 bits per heavy atom. The number of nitrogens with zero attached hydrogens (tertiary/aromatic N) is 1. The third kappa shape index (κ3) is 4.68. The molecule has 2 aromatic rings. The highest BCUT2D eigenvalue weighted by Gasteiger charge is 2.45. The van der Waals surface area contributed by atoms with Crippen LogP contribution in [0.1, 0.15) is 62.9 Å². The molecule has 33 heavy (non-hydrogen) atoms. The van der Waals surface area contributed by atoms with Crippen molar-refractivity contribution in [2.45, 2.75) is 64.0 Å². The molecule has 1 fully saturated rings. The van der Waals surface area contributed by atoms with Gasteiger partial charge in [0.05, 0.1) is 34.2 Å². The summed E-state index contributed by atoms with van der Waals surface area (Å²) in [7, 11) is 0. The average molecular weight is 471 g/mol. The molecular formula is C25H30N2O5S. The maximum Gasteiger partial charge on any atom is 0.251 e. The summed E-state index contributed by atoms with van der Waals surface area (Å²) >= 11 is -2.03. The highest BCUT2D eigenvalue weighted by Crippen LogP contribution is 2.46. The van der Waals surface area contributed by atoms with Crippen molar-refractivity contribution in [2.24, 2.45) is 0 Å². The minimum absolute atomic E-state index is 0.0583. The maximum absolute atomic E-state index is 13.4. The number of anilines is 2. The van der Waals surface area contributed by atoms with E-state index in [0.717, 1.165) is 35.5 Å². The van der Waals surface area contributed by atoms with E-state index in [-0.39, 0.29) is 23.7 Å². The first-order valence-corrected chi connectivity index (χ1v) is 12.5. The minimum Gasteiger partial charge on any atom is -0.490 e. The van der Waals surface area contributed by atoms with E-state index in [0.29, 0.717) is 12.0 Å². The largest absolute Gasteiger partial charge is 0.490 e. The number of rotatable bonds is 8. The Morgan fingerprint density at radius 2 is 2.00 bits per heavy atom. The van der Waals surface area contributed by atoms with Crippen molar-refractivity contribution in [3.05, 3.63) is 53.6 Å². The Bertz CT molecular complexity index is 1130. The molecular weight excluding hydrogens is 440 g/mol. The fraction of sp³-hybridized carbons (Fsp3) is 0.440. The lowest BCUT2D eigenvalue weighted by atomic mass is 9.85. The number of fused-ring (bicyclic) bond motifs is 1. The first-order valence-electron chi connectivity index (χ1n) is 11.2. The van der Waals surface area contributed by atoms with Crippen LogP contribution >= 0.6 is 0 Å². The van der Waals surface area contributed by atoms with E-state index >= 15 is 0 Å². The fourth-order valence-electron chi connectivity index (χ4n) is 4.05. The molecule has 7 nitrogen and oxygen atoms in total. The van der Waals surface area contributed by atoms with Gasteiger partial charge in [0.15, 0.2) is 11.1 Å². The lowest BCUT2D eigenvalue weighted by Gasteiger charge is -2.28. The summed E-state index contributed by atoms with van der Waals surface area (Å²) < 4.78 is 26.5. The van der Waals surface area contributed by atoms with Crippen LogP contribution in [0.15, 0.2) is 42.5 Å². The van der Waals surface area contributed by atoms with Gasteiger partial charge in [-0.15, -0.1) is 0 Å². The number of hydrogen-bond acceptors (Lipinski definition) is 4. The Kier molecular flexibility index (Phi) is 6.09. The molecule has 176 valence electrons. The van der Waals surface area contributed by atoms with Crippen LogP contribution in [0.5, 0.6) is 5.75 Å². The van der Waals surface area contributed by atoms with E-state index in [9.17, 15) is 18.4 Å². The summed E-state index contributed by atoms with van der Waals surface area (Å²) in [5.74, 6) is 0.268. The predicted octanol–water partition coefficient (Wildman–Crippen LogP) is 4.30. The van der Waals surface area contributed by atoms with Crippen molar-refractivity contribution in [3.63, 3.8) is 0 Å². The van der Waals surface area contributed by atoms with Gasteiger partial charge < -0.3 is 14.6 Å². The molecule has 8 heteroatoms. The van der Waals surface area contributed by atoms with Gasteiger partial charge in [0, 0.05) is 11.6 Å². The van der Waals surface area contributed by atoms with Crippen molar-refractivity contribution in [3.8, 4) is 5.75 Å². The zero-order valence-corrected chi connectivity index (χ0v) is 20.2. The van der Waals surface area contributed by atoms with E-state index in [1.807, 2.05) is 45.0 Å². The molecule has 1 saturated carbocycles. The average Bonchev–Trinajstić information content (AvgIpc) is 3.54. The van der Waals surface area contributed by atoms with E-state index in [1.54, 1.807) is 30.0 Å². The van der Waals surface area contributed by atoms with Crippen molar-refractivity contribution >= 4 is 34.3 Å². The lowest BCUT2D eigenvalue weighted by molar-refractivity contribution is -0.121. The monoisotopic (exact) mass is 470 g/mol. The normalized spacial score (nSPS) is 19.5. The van der Waals surface area contributed by atoms with Crippen LogP contribution in [0.2, 0.25) is 0 Å². The van der Waals surface area contributed by atoms with Gasteiger partial charge in [0.2, 0.25) is 5.91 Å². The molecule has 2 amide bonds. The Labute approximate surface area is 196 Å². The molecule has 2 N–H and O–H groups in total. The van der Waals surface area contributed by atoms with Crippen LogP contribution in [-0.2, 0) is 21.3 Å². The summed E-state index contributed by atoms with van der Waals surface area (Å²) in [6.45, 7) is 7.31. The molecule has 1 aliphatic heterocycles. The molecule has 0 saturated heterocycles. The number of amides is 2. The Balaban J connectivity index is 1.65. The van der Waals surface area contributed by atoms with Gasteiger partial charge in [-0.25, -0.2) is 4.21 Å². The number of ether oxygens (including phenoxy) is 1. The van der Waals surface area contributed by atoms with Crippen molar-refractivity contribution in [2.75, 3.05) is 10.7 Å². The summed E-state index contributed by atoms with van der Waals surface area (Å²) in [5, 5.41) is 2.89. The van der Waals surface area contributed by atoms with Gasteiger partial charge in [-0.1, -0.05) is 13.0 Å². The molecule has 1 aliphatic carbocycles. The standard InChI is InChI=1S/C25H30N2O5S/c1-5-25(4,15-33(30)31)26-22(28)16-9-12-21-20(13-16)24(2,3)23(29)27(21)17-7-6-8-19(14-17)32-18-10-11-18/h6-9,12-14,18H,5,10-11,15H2,1-4H3,(H,26,28)(H,30,31). The summed E-state index contributed by atoms with van der Waals surface area (Å²) in [6.07, 6.45) is 2.88. The van der Waals surface area contributed by atoms with Gasteiger partial charge in [-0.05, 0) is 75.9 Å². The smallest absolute Gasteiger partial charge is 0.251 e. The lowest BCUT2D eigenvalue weighted by Crippen LogP contribution is -2.49. The van der Waals surface area contributed by atoms with Crippen molar-refractivity contribution in [1.29, 1.82) is 0 Å². The van der Waals surface area contributed by atoms with Crippen LogP contribution in [0.3, 0.4) is 0 Å². The van der Waals surface area contributed by atoms with E-state index in [2.05, 4.69) is 5.32 Å². The van der Waals surface area contributed by atoms with Gasteiger partial charge >= 0.3 is 0 Å². The molecule has 2 aliphatic rings. The Hall–Kier alpha value is -2.71. The highest BCUT2D eigenvalue weighted by atomic mass is 32.2. The van der Waals surface area contributed by atoms with E-state index in [4.69, 9.17) is 4.74 Å². The quantitative estimate of drug-likeness (QED) is 0.561. The van der Waals surface area contributed by atoms with Crippen LogP contribution in [0.4, 0.5) is 11.4 Å². The molecule has 2 aromatic carbocycles.